The van der Waals surface area contributed by atoms with Crippen LogP contribution in [0.3, 0.4) is 0 Å². The van der Waals surface area contributed by atoms with Gasteiger partial charge in [0.05, 0.1) is 6.42 Å². The maximum absolute atomic E-state index is 12.9. The largest absolute Gasteiger partial charge is 0.324 e. The van der Waals surface area contributed by atoms with Crippen LogP contribution in [0, 0.1) is 13.8 Å². The summed E-state index contributed by atoms with van der Waals surface area (Å²) in [5.41, 5.74) is 3.64. The van der Waals surface area contributed by atoms with Crippen LogP contribution in [-0.4, -0.2) is 26.6 Å². The van der Waals surface area contributed by atoms with Gasteiger partial charge in [0.2, 0.25) is 17.8 Å². The molecule has 1 atom stereocenters. The van der Waals surface area contributed by atoms with Gasteiger partial charge in [0, 0.05) is 16.3 Å². The average Bonchev–Trinajstić information content (AvgIpc) is 3.08. The molecular weight excluding hydrogens is 378 g/mol. The molecule has 0 unspecified atom stereocenters. The van der Waals surface area contributed by atoms with Crippen molar-refractivity contribution in [3.05, 3.63) is 58.6 Å². The molecule has 8 heteroatoms. The van der Waals surface area contributed by atoms with Crippen molar-refractivity contribution in [2.45, 2.75) is 26.3 Å². The Kier molecular flexibility index (Phi) is 4.60. The number of carbonyl (C=O) groups excluding carboxylic acids is 2. The van der Waals surface area contributed by atoms with Gasteiger partial charge in [0.1, 0.15) is 6.04 Å². The lowest BCUT2D eigenvalue weighted by atomic mass is 10.1. The molecule has 0 fully saturated rings. The number of amides is 2. The molecule has 142 valence electrons. The van der Waals surface area contributed by atoms with Crippen LogP contribution in [-0.2, 0) is 9.59 Å². The van der Waals surface area contributed by atoms with Crippen molar-refractivity contribution in [3.63, 3.8) is 0 Å². The minimum atomic E-state index is -0.779. The first-order valence-corrected chi connectivity index (χ1v) is 9.19. The van der Waals surface area contributed by atoms with Crippen LogP contribution in [0.2, 0.25) is 5.02 Å². The molecule has 0 saturated heterocycles. The number of halogens is 1. The van der Waals surface area contributed by atoms with Crippen molar-refractivity contribution >= 4 is 35.1 Å². The Morgan fingerprint density at radius 3 is 2.64 bits per heavy atom. The predicted octanol–water partition coefficient (Wildman–Crippen LogP) is 3.74. The molecule has 2 N–H and O–H groups in total. The second kappa shape index (κ2) is 7.09. The summed E-state index contributed by atoms with van der Waals surface area (Å²) in [5.74, 6) is 0.0778. The van der Waals surface area contributed by atoms with Crippen molar-refractivity contribution < 1.29 is 9.59 Å². The van der Waals surface area contributed by atoms with Crippen LogP contribution in [0.5, 0.6) is 0 Å². The van der Waals surface area contributed by atoms with Gasteiger partial charge in [-0.3, -0.25) is 14.9 Å². The minimum absolute atomic E-state index is 0.00685. The zero-order valence-electron chi connectivity index (χ0n) is 15.4. The minimum Gasteiger partial charge on any atom is -0.324 e. The summed E-state index contributed by atoms with van der Waals surface area (Å²) in [5, 5.41) is 10.6. The molecule has 2 aromatic carbocycles. The summed E-state index contributed by atoms with van der Waals surface area (Å²) in [6, 6.07) is 11.9. The lowest BCUT2D eigenvalue weighted by Gasteiger charge is -2.22. The van der Waals surface area contributed by atoms with Gasteiger partial charge in [-0.25, -0.2) is 4.68 Å². The van der Waals surface area contributed by atoms with Crippen LogP contribution in [0.15, 0.2) is 42.5 Å². The number of fused-ring (bicyclic) bond motifs is 1. The van der Waals surface area contributed by atoms with Crippen molar-refractivity contribution in [2.24, 2.45) is 0 Å². The number of carbonyl (C=O) groups is 2. The lowest BCUT2D eigenvalue weighted by Crippen LogP contribution is -2.36. The molecule has 1 aliphatic heterocycles. The monoisotopic (exact) mass is 395 g/mol. The molecule has 1 aliphatic rings. The number of anilines is 2. The summed E-state index contributed by atoms with van der Waals surface area (Å²) >= 11 is 5.93. The summed E-state index contributed by atoms with van der Waals surface area (Å²) in [6.45, 7) is 3.99. The zero-order valence-corrected chi connectivity index (χ0v) is 16.1. The molecule has 28 heavy (non-hydrogen) atoms. The number of hydrogen-bond acceptors (Lipinski definition) is 4. The van der Waals surface area contributed by atoms with E-state index in [1.165, 1.54) is 4.68 Å². The fourth-order valence-corrected chi connectivity index (χ4v) is 3.16. The average molecular weight is 396 g/mol. The third kappa shape index (κ3) is 3.48. The van der Waals surface area contributed by atoms with Gasteiger partial charge in [-0.15, -0.1) is 5.10 Å². The van der Waals surface area contributed by atoms with E-state index in [0.29, 0.717) is 16.5 Å². The van der Waals surface area contributed by atoms with Gasteiger partial charge in [-0.05, 0) is 61.4 Å². The fourth-order valence-electron chi connectivity index (χ4n) is 3.03. The molecule has 3 aromatic rings. The van der Waals surface area contributed by atoms with E-state index in [0.717, 1.165) is 16.7 Å². The molecule has 0 radical (unpaired) electrons. The number of benzene rings is 2. The van der Waals surface area contributed by atoms with Crippen LogP contribution in [0.1, 0.15) is 23.6 Å². The van der Waals surface area contributed by atoms with Crippen LogP contribution in [0.4, 0.5) is 11.6 Å². The molecule has 1 aromatic heterocycles. The van der Waals surface area contributed by atoms with E-state index in [1.54, 1.807) is 24.3 Å². The summed E-state index contributed by atoms with van der Waals surface area (Å²) in [4.78, 5) is 29.3. The molecule has 4 rings (SSSR count). The Balaban J connectivity index is 1.63. The number of nitrogens with one attached hydrogen (secondary N) is 2. The van der Waals surface area contributed by atoms with Gasteiger partial charge in [-0.2, -0.15) is 4.98 Å². The van der Waals surface area contributed by atoms with E-state index in [4.69, 9.17) is 11.6 Å². The molecular formula is C20H18ClN5O2. The van der Waals surface area contributed by atoms with Gasteiger partial charge in [-0.1, -0.05) is 17.7 Å². The Morgan fingerprint density at radius 1 is 1.18 bits per heavy atom. The fraction of sp³-hybridized carbons (Fsp3) is 0.200. The Hall–Kier alpha value is -3.19. The standard InChI is InChI=1S/C20H18ClN5O2/c1-11-3-8-15(9-12(11)2)22-19(28)16-10-17(27)23-20-24-18(25-26(16)20)13-4-6-14(21)7-5-13/h3-9,16H,10H2,1-2H3,(H,22,28)(H,23,24,25,27)/t16-/m1/s1. The summed E-state index contributed by atoms with van der Waals surface area (Å²) < 4.78 is 1.46. The lowest BCUT2D eigenvalue weighted by molar-refractivity contribution is -0.125. The number of aromatic nitrogens is 3. The van der Waals surface area contributed by atoms with Crippen LogP contribution >= 0.6 is 11.6 Å². The first-order chi connectivity index (χ1) is 13.4. The molecule has 0 bridgehead atoms. The molecule has 2 amide bonds. The smallest absolute Gasteiger partial charge is 0.249 e. The van der Waals surface area contributed by atoms with Crippen molar-refractivity contribution in [2.75, 3.05) is 10.6 Å². The third-order valence-electron chi connectivity index (χ3n) is 4.74. The van der Waals surface area contributed by atoms with Crippen molar-refractivity contribution in [1.29, 1.82) is 0 Å². The van der Waals surface area contributed by atoms with Gasteiger partial charge < -0.3 is 5.32 Å². The first-order valence-electron chi connectivity index (χ1n) is 8.81. The summed E-state index contributed by atoms with van der Waals surface area (Å²) in [7, 11) is 0. The predicted molar refractivity (Wildman–Crippen MR) is 107 cm³/mol. The van der Waals surface area contributed by atoms with Gasteiger partial charge >= 0.3 is 0 Å². The van der Waals surface area contributed by atoms with E-state index in [2.05, 4.69) is 20.7 Å². The topological polar surface area (TPSA) is 88.9 Å². The van der Waals surface area contributed by atoms with E-state index < -0.39 is 6.04 Å². The molecule has 0 saturated carbocycles. The maximum Gasteiger partial charge on any atom is 0.249 e. The number of nitrogens with zero attached hydrogens (tertiary/aromatic N) is 3. The van der Waals surface area contributed by atoms with E-state index in [1.807, 2.05) is 32.0 Å². The van der Waals surface area contributed by atoms with E-state index >= 15 is 0 Å². The van der Waals surface area contributed by atoms with E-state index in [9.17, 15) is 9.59 Å². The Morgan fingerprint density at radius 2 is 1.93 bits per heavy atom. The second-order valence-corrected chi connectivity index (χ2v) is 7.20. The van der Waals surface area contributed by atoms with Gasteiger partial charge in [0.15, 0.2) is 5.82 Å². The Bertz CT molecular complexity index is 1070. The molecule has 2 heterocycles. The molecule has 7 nitrogen and oxygen atoms in total. The maximum atomic E-state index is 12.9. The van der Waals surface area contributed by atoms with Crippen LogP contribution < -0.4 is 10.6 Å². The van der Waals surface area contributed by atoms with Crippen molar-refractivity contribution in [1.82, 2.24) is 14.8 Å². The molecule has 0 aliphatic carbocycles. The number of aryl methyl sites for hydroxylation is 2. The SMILES string of the molecule is Cc1ccc(NC(=O)[C@H]2CC(=O)Nc3nc(-c4ccc(Cl)cc4)nn32)cc1C. The Labute approximate surface area is 166 Å². The molecule has 0 spiro atoms. The second-order valence-electron chi connectivity index (χ2n) is 6.77. The first kappa shape index (κ1) is 18.2. The highest BCUT2D eigenvalue weighted by Crippen LogP contribution is 2.28. The highest BCUT2D eigenvalue weighted by atomic mass is 35.5. The third-order valence-corrected chi connectivity index (χ3v) is 4.99. The van der Waals surface area contributed by atoms with E-state index in [-0.39, 0.29) is 24.2 Å². The van der Waals surface area contributed by atoms with Gasteiger partial charge in [0.25, 0.3) is 0 Å². The highest BCUT2D eigenvalue weighted by molar-refractivity contribution is 6.30. The van der Waals surface area contributed by atoms with Crippen LogP contribution in [0.25, 0.3) is 11.4 Å². The summed E-state index contributed by atoms with van der Waals surface area (Å²) in [6.07, 6.45) is -0.00685. The zero-order chi connectivity index (χ0) is 19.8. The van der Waals surface area contributed by atoms with Crippen molar-refractivity contribution in [3.8, 4) is 11.4 Å². The highest BCUT2D eigenvalue weighted by Gasteiger charge is 2.33. The quantitative estimate of drug-likeness (QED) is 0.707. The normalized spacial score (nSPS) is 15.7. The number of rotatable bonds is 3. The number of hydrogen-bond donors (Lipinski definition) is 2.